The summed E-state index contributed by atoms with van der Waals surface area (Å²) in [5.74, 6) is -1.20. The van der Waals surface area contributed by atoms with Gasteiger partial charge in [0.2, 0.25) is 0 Å². The van der Waals surface area contributed by atoms with E-state index >= 15 is 0 Å². The molecule has 0 radical (unpaired) electrons. The van der Waals surface area contributed by atoms with Crippen LogP contribution >= 0.6 is 0 Å². The molecule has 0 fully saturated rings. The van der Waals surface area contributed by atoms with Crippen molar-refractivity contribution in [3.8, 4) is 0 Å². The Kier molecular flexibility index (Phi) is 2.83. The summed E-state index contributed by atoms with van der Waals surface area (Å²) >= 11 is 0. The third-order valence-electron chi connectivity index (χ3n) is 0.841. The van der Waals surface area contributed by atoms with Crippen molar-refractivity contribution in [2.24, 2.45) is 0 Å². The number of carbonyl (C=O) groups excluding carboxylic acids is 1. The van der Waals surface area contributed by atoms with Gasteiger partial charge in [0, 0.05) is 0 Å². The Hall–Kier alpha value is -0.580. The molecule has 1 atom stereocenters. The van der Waals surface area contributed by atoms with Gasteiger partial charge in [-0.3, -0.25) is 4.79 Å². The number of rotatable bonds is 2. The van der Waals surface area contributed by atoms with Gasteiger partial charge in [-0.15, -0.1) is 0 Å². The van der Waals surface area contributed by atoms with Crippen molar-refractivity contribution in [1.29, 1.82) is 0 Å². The molecule has 0 rings (SSSR count). The summed E-state index contributed by atoms with van der Waals surface area (Å²) in [5.41, 5.74) is 0. The van der Waals surface area contributed by atoms with Crippen LogP contribution in [0.2, 0.25) is 0 Å². The molecule has 1 unspecified atom stereocenters. The Balaban J connectivity index is 3.81. The minimum absolute atomic E-state index is 1.01. The van der Waals surface area contributed by atoms with Gasteiger partial charge < -0.3 is 5.11 Å². The second kappa shape index (κ2) is 3.01. The van der Waals surface area contributed by atoms with E-state index in [1.807, 2.05) is 0 Å². The molecule has 0 aromatic rings. The van der Waals surface area contributed by atoms with Crippen LogP contribution in [0.25, 0.3) is 0 Å². The number of aliphatic hydroxyl groups excluding tert-OH is 1. The van der Waals surface area contributed by atoms with E-state index in [4.69, 9.17) is 5.11 Å². The van der Waals surface area contributed by atoms with Crippen molar-refractivity contribution in [2.75, 3.05) is 0 Å². The molecular formula is C5H7F3O2. The number of carbonyl (C=O) groups is 1. The molecule has 1 N–H and O–H groups in total. The molecule has 0 aliphatic heterocycles. The summed E-state index contributed by atoms with van der Waals surface area (Å²) in [7, 11) is 0. The summed E-state index contributed by atoms with van der Waals surface area (Å²) in [6.45, 7) is 1.01. The second-order valence-corrected chi connectivity index (χ2v) is 1.93. The lowest BCUT2D eigenvalue weighted by atomic mass is 10.2. The normalized spacial score (nSPS) is 14.9. The van der Waals surface area contributed by atoms with Gasteiger partial charge in [-0.05, 0) is 6.92 Å². The standard InChI is InChI=1S/C5H7F3O2/c1-3(9)4(10)2-5(6,7)8/h3,9H,2H2,1H3. The number of aliphatic hydroxyl groups is 1. The molecular weight excluding hydrogens is 149 g/mol. The number of halogens is 3. The predicted octanol–water partition coefficient (Wildman–Crippen LogP) is 0.889. The van der Waals surface area contributed by atoms with Crippen LogP contribution in [0.1, 0.15) is 13.3 Å². The summed E-state index contributed by atoms with van der Waals surface area (Å²) in [5, 5.41) is 8.33. The van der Waals surface area contributed by atoms with Crippen molar-refractivity contribution < 1.29 is 23.1 Å². The molecule has 60 valence electrons. The molecule has 0 heterocycles. The lowest BCUT2D eigenvalue weighted by molar-refractivity contribution is -0.157. The first-order valence-corrected chi connectivity index (χ1v) is 2.60. The molecule has 0 saturated heterocycles. The maximum absolute atomic E-state index is 11.3. The SMILES string of the molecule is CC(O)C(=O)CC(F)(F)F. The molecule has 0 amide bonds. The van der Waals surface area contributed by atoms with E-state index in [1.165, 1.54) is 0 Å². The molecule has 5 heteroatoms. The van der Waals surface area contributed by atoms with E-state index in [0.29, 0.717) is 0 Å². The Morgan fingerprint density at radius 1 is 1.60 bits per heavy atom. The number of hydrogen-bond acceptors (Lipinski definition) is 2. The third-order valence-corrected chi connectivity index (χ3v) is 0.841. The zero-order valence-corrected chi connectivity index (χ0v) is 5.27. The van der Waals surface area contributed by atoms with Crippen LogP contribution in [-0.2, 0) is 4.79 Å². The average Bonchev–Trinajstić information content (AvgIpc) is 1.60. The minimum Gasteiger partial charge on any atom is -0.386 e. The summed E-state index contributed by atoms with van der Waals surface area (Å²) in [4.78, 5) is 10.2. The first-order chi connectivity index (χ1) is 4.33. The maximum Gasteiger partial charge on any atom is 0.396 e. The van der Waals surface area contributed by atoms with Gasteiger partial charge in [-0.2, -0.15) is 13.2 Å². The molecule has 0 aromatic carbocycles. The Bertz CT molecular complexity index is 127. The molecule has 0 bridgehead atoms. The number of hydrogen-bond donors (Lipinski definition) is 1. The van der Waals surface area contributed by atoms with Crippen LogP contribution in [-0.4, -0.2) is 23.2 Å². The largest absolute Gasteiger partial charge is 0.396 e. The van der Waals surface area contributed by atoms with Crippen LogP contribution in [0.3, 0.4) is 0 Å². The summed E-state index contributed by atoms with van der Waals surface area (Å²) in [6.07, 6.45) is -7.58. The topological polar surface area (TPSA) is 37.3 Å². The molecule has 0 saturated carbocycles. The van der Waals surface area contributed by atoms with Crippen LogP contribution in [0.5, 0.6) is 0 Å². The lowest BCUT2D eigenvalue weighted by Crippen LogP contribution is -2.23. The first kappa shape index (κ1) is 9.42. The van der Waals surface area contributed by atoms with Crippen LogP contribution in [0, 0.1) is 0 Å². The molecule has 2 nitrogen and oxygen atoms in total. The van der Waals surface area contributed by atoms with Crippen molar-refractivity contribution in [3.05, 3.63) is 0 Å². The average molecular weight is 156 g/mol. The fraction of sp³-hybridized carbons (Fsp3) is 0.800. The zero-order valence-electron chi connectivity index (χ0n) is 5.27. The fourth-order valence-corrected chi connectivity index (χ4v) is 0.345. The third kappa shape index (κ3) is 4.31. The predicted molar refractivity (Wildman–Crippen MR) is 27.4 cm³/mol. The molecule has 10 heavy (non-hydrogen) atoms. The van der Waals surface area contributed by atoms with Crippen LogP contribution in [0.15, 0.2) is 0 Å². The van der Waals surface area contributed by atoms with Crippen molar-refractivity contribution in [1.82, 2.24) is 0 Å². The Labute approximate surface area is 55.7 Å². The first-order valence-electron chi connectivity index (χ1n) is 2.60. The Morgan fingerprint density at radius 2 is 2.00 bits per heavy atom. The molecule has 0 aliphatic carbocycles. The monoisotopic (exact) mass is 156 g/mol. The number of alkyl halides is 3. The van der Waals surface area contributed by atoms with Crippen LogP contribution in [0.4, 0.5) is 13.2 Å². The van der Waals surface area contributed by atoms with E-state index in [-0.39, 0.29) is 0 Å². The van der Waals surface area contributed by atoms with Gasteiger partial charge in [0.15, 0.2) is 5.78 Å². The van der Waals surface area contributed by atoms with E-state index in [0.717, 1.165) is 6.92 Å². The maximum atomic E-state index is 11.3. The summed E-state index contributed by atoms with van der Waals surface area (Å²) in [6, 6.07) is 0. The van der Waals surface area contributed by atoms with Gasteiger partial charge in [0.05, 0.1) is 0 Å². The molecule has 0 aromatic heterocycles. The summed E-state index contributed by atoms with van der Waals surface area (Å²) < 4.78 is 34.0. The highest BCUT2D eigenvalue weighted by molar-refractivity contribution is 5.82. The van der Waals surface area contributed by atoms with E-state index in [9.17, 15) is 18.0 Å². The van der Waals surface area contributed by atoms with Gasteiger partial charge in [-0.25, -0.2) is 0 Å². The van der Waals surface area contributed by atoms with Crippen LogP contribution < -0.4 is 0 Å². The Morgan fingerprint density at radius 3 is 2.10 bits per heavy atom. The van der Waals surface area contributed by atoms with Crippen molar-refractivity contribution >= 4 is 5.78 Å². The van der Waals surface area contributed by atoms with E-state index in [2.05, 4.69) is 0 Å². The second-order valence-electron chi connectivity index (χ2n) is 1.93. The lowest BCUT2D eigenvalue weighted by Gasteiger charge is -2.05. The van der Waals surface area contributed by atoms with Crippen molar-refractivity contribution in [3.63, 3.8) is 0 Å². The molecule has 0 aliphatic rings. The highest BCUT2D eigenvalue weighted by atomic mass is 19.4. The number of ketones is 1. The highest BCUT2D eigenvalue weighted by Crippen LogP contribution is 2.20. The quantitative estimate of drug-likeness (QED) is 0.644. The molecule has 0 spiro atoms. The fourth-order valence-electron chi connectivity index (χ4n) is 0.345. The highest BCUT2D eigenvalue weighted by Gasteiger charge is 2.32. The van der Waals surface area contributed by atoms with Gasteiger partial charge in [0.25, 0.3) is 0 Å². The van der Waals surface area contributed by atoms with E-state index in [1.54, 1.807) is 0 Å². The minimum atomic E-state index is -4.51. The zero-order chi connectivity index (χ0) is 8.36. The van der Waals surface area contributed by atoms with Gasteiger partial charge >= 0.3 is 6.18 Å². The van der Waals surface area contributed by atoms with E-state index < -0.39 is 24.5 Å². The van der Waals surface area contributed by atoms with Crippen molar-refractivity contribution in [2.45, 2.75) is 25.6 Å². The van der Waals surface area contributed by atoms with Gasteiger partial charge in [0.1, 0.15) is 12.5 Å². The smallest absolute Gasteiger partial charge is 0.386 e. The van der Waals surface area contributed by atoms with Gasteiger partial charge in [-0.1, -0.05) is 0 Å². The number of Topliss-reactive ketones (excluding diaryl/α,β-unsaturated/α-hetero) is 1.